The number of ether oxygens (including phenoxy) is 1. The van der Waals surface area contributed by atoms with Crippen molar-refractivity contribution in [2.45, 2.75) is 19.5 Å². The molecule has 1 atom stereocenters. The van der Waals surface area contributed by atoms with E-state index in [0.717, 1.165) is 38.5 Å². The Morgan fingerprint density at radius 2 is 1.89 bits per heavy atom. The van der Waals surface area contributed by atoms with E-state index in [-0.39, 0.29) is 11.9 Å². The highest BCUT2D eigenvalue weighted by molar-refractivity contribution is 5.94. The van der Waals surface area contributed by atoms with Gasteiger partial charge in [0.1, 0.15) is 5.75 Å². The van der Waals surface area contributed by atoms with E-state index < -0.39 is 0 Å². The van der Waals surface area contributed by atoms with Gasteiger partial charge in [-0.05, 0) is 42.8 Å². The minimum Gasteiger partial charge on any atom is -0.497 e. The average molecular weight is 378 g/mol. The summed E-state index contributed by atoms with van der Waals surface area (Å²) in [7, 11) is 1.67. The lowest BCUT2D eigenvalue weighted by Crippen LogP contribution is -2.52. The standard InChI is InChI=1S/C22H26N4O2/c1-17(22(27)24-20-5-3-4-19(14-20)15-23)26-12-10-25(11-13-26)16-18-6-8-21(28-2)9-7-18/h3-9,14,17H,10-13,16H2,1-2H3,(H,24,27)/t17-/m1/s1. The molecular formula is C22H26N4O2. The summed E-state index contributed by atoms with van der Waals surface area (Å²) in [6, 6.07) is 17.0. The fraction of sp³-hybridized carbons (Fsp3) is 0.364. The number of rotatable bonds is 6. The van der Waals surface area contributed by atoms with Gasteiger partial charge in [-0.2, -0.15) is 5.26 Å². The molecule has 0 aliphatic carbocycles. The molecule has 1 heterocycles. The van der Waals surface area contributed by atoms with Gasteiger partial charge in [-0.3, -0.25) is 14.6 Å². The number of piperazine rings is 1. The summed E-state index contributed by atoms with van der Waals surface area (Å²) in [5, 5.41) is 11.9. The van der Waals surface area contributed by atoms with Crippen LogP contribution in [-0.2, 0) is 11.3 Å². The van der Waals surface area contributed by atoms with E-state index in [4.69, 9.17) is 10.00 Å². The zero-order valence-corrected chi connectivity index (χ0v) is 16.4. The van der Waals surface area contributed by atoms with Crippen LogP contribution < -0.4 is 10.1 Å². The van der Waals surface area contributed by atoms with Crippen LogP contribution in [0.1, 0.15) is 18.1 Å². The number of amides is 1. The summed E-state index contributed by atoms with van der Waals surface area (Å²) in [5.74, 6) is 0.826. The normalized spacial score (nSPS) is 16.2. The summed E-state index contributed by atoms with van der Waals surface area (Å²) in [5.41, 5.74) is 2.46. The summed E-state index contributed by atoms with van der Waals surface area (Å²) in [6.07, 6.45) is 0. The number of hydrogen-bond donors (Lipinski definition) is 1. The highest BCUT2D eigenvalue weighted by Crippen LogP contribution is 2.16. The van der Waals surface area contributed by atoms with E-state index in [9.17, 15) is 4.79 Å². The fourth-order valence-corrected chi connectivity index (χ4v) is 3.38. The number of carbonyl (C=O) groups is 1. The van der Waals surface area contributed by atoms with Crippen molar-refractivity contribution in [3.63, 3.8) is 0 Å². The average Bonchev–Trinajstić information content (AvgIpc) is 2.74. The third-order valence-electron chi connectivity index (χ3n) is 5.16. The van der Waals surface area contributed by atoms with Gasteiger partial charge in [-0.15, -0.1) is 0 Å². The lowest BCUT2D eigenvalue weighted by molar-refractivity contribution is -0.121. The van der Waals surface area contributed by atoms with E-state index in [2.05, 4.69) is 33.3 Å². The number of benzene rings is 2. The van der Waals surface area contributed by atoms with E-state index in [1.54, 1.807) is 31.4 Å². The number of carbonyl (C=O) groups excluding carboxylic acids is 1. The van der Waals surface area contributed by atoms with Crippen molar-refractivity contribution in [1.29, 1.82) is 5.26 Å². The number of hydrogen-bond acceptors (Lipinski definition) is 5. The predicted molar refractivity (Wildman–Crippen MR) is 109 cm³/mol. The van der Waals surface area contributed by atoms with Crippen LogP contribution in [0.5, 0.6) is 5.75 Å². The molecule has 1 amide bonds. The molecule has 28 heavy (non-hydrogen) atoms. The molecule has 0 unspecified atom stereocenters. The Bertz CT molecular complexity index is 836. The van der Waals surface area contributed by atoms with Gasteiger partial charge in [0.25, 0.3) is 0 Å². The van der Waals surface area contributed by atoms with Crippen LogP contribution in [0, 0.1) is 11.3 Å². The van der Waals surface area contributed by atoms with Gasteiger partial charge in [0, 0.05) is 38.4 Å². The topological polar surface area (TPSA) is 68.6 Å². The Labute approximate surface area is 166 Å². The van der Waals surface area contributed by atoms with Crippen molar-refractivity contribution in [3.05, 3.63) is 59.7 Å². The van der Waals surface area contributed by atoms with Crippen LogP contribution in [0.3, 0.4) is 0 Å². The SMILES string of the molecule is COc1ccc(CN2CCN([C@H](C)C(=O)Nc3cccc(C#N)c3)CC2)cc1. The predicted octanol–water partition coefficient (Wildman–Crippen LogP) is 2.71. The van der Waals surface area contributed by atoms with Crippen LogP contribution >= 0.6 is 0 Å². The van der Waals surface area contributed by atoms with Crippen molar-refractivity contribution >= 4 is 11.6 Å². The van der Waals surface area contributed by atoms with Gasteiger partial charge >= 0.3 is 0 Å². The molecule has 0 radical (unpaired) electrons. The highest BCUT2D eigenvalue weighted by Gasteiger charge is 2.25. The molecule has 0 spiro atoms. The molecule has 1 N–H and O–H groups in total. The fourth-order valence-electron chi connectivity index (χ4n) is 3.38. The van der Waals surface area contributed by atoms with Crippen molar-refractivity contribution in [2.75, 3.05) is 38.6 Å². The maximum absolute atomic E-state index is 12.6. The van der Waals surface area contributed by atoms with Crippen molar-refractivity contribution in [2.24, 2.45) is 0 Å². The quantitative estimate of drug-likeness (QED) is 0.837. The molecule has 2 aromatic carbocycles. The third kappa shape index (κ3) is 5.10. The van der Waals surface area contributed by atoms with Crippen LogP contribution in [-0.4, -0.2) is 55.0 Å². The Morgan fingerprint density at radius 1 is 1.18 bits per heavy atom. The van der Waals surface area contributed by atoms with Crippen LogP contribution in [0.25, 0.3) is 0 Å². The van der Waals surface area contributed by atoms with E-state index in [1.807, 2.05) is 19.1 Å². The molecule has 1 fully saturated rings. The monoisotopic (exact) mass is 378 g/mol. The molecule has 0 saturated carbocycles. The summed E-state index contributed by atoms with van der Waals surface area (Å²) in [6.45, 7) is 6.38. The number of nitriles is 1. The van der Waals surface area contributed by atoms with Gasteiger partial charge < -0.3 is 10.1 Å². The van der Waals surface area contributed by atoms with E-state index >= 15 is 0 Å². The van der Waals surface area contributed by atoms with Gasteiger partial charge in [0.05, 0.1) is 24.8 Å². The minimum absolute atomic E-state index is 0.0429. The number of methoxy groups -OCH3 is 1. The first kappa shape index (κ1) is 19.9. The molecule has 0 bridgehead atoms. The van der Waals surface area contributed by atoms with Crippen molar-refractivity contribution < 1.29 is 9.53 Å². The molecule has 6 heteroatoms. The zero-order valence-electron chi connectivity index (χ0n) is 16.4. The number of nitrogens with zero attached hydrogens (tertiary/aromatic N) is 3. The second-order valence-corrected chi connectivity index (χ2v) is 7.02. The first-order valence-electron chi connectivity index (χ1n) is 9.49. The van der Waals surface area contributed by atoms with E-state index in [0.29, 0.717) is 11.3 Å². The van der Waals surface area contributed by atoms with Crippen LogP contribution in [0.15, 0.2) is 48.5 Å². The molecule has 1 saturated heterocycles. The molecule has 1 aliphatic rings. The lowest BCUT2D eigenvalue weighted by Gasteiger charge is -2.37. The molecule has 3 rings (SSSR count). The Hall–Kier alpha value is -2.88. The zero-order chi connectivity index (χ0) is 19.9. The van der Waals surface area contributed by atoms with E-state index in [1.165, 1.54) is 5.56 Å². The molecular weight excluding hydrogens is 352 g/mol. The largest absolute Gasteiger partial charge is 0.497 e. The van der Waals surface area contributed by atoms with Gasteiger partial charge in [-0.25, -0.2) is 0 Å². The number of nitrogens with one attached hydrogen (secondary N) is 1. The molecule has 1 aliphatic heterocycles. The molecule has 2 aromatic rings. The second kappa shape index (κ2) is 9.36. The van der Waals surface area contributed by atoms with Crippen molar-refractivity contribution in [3.8, 4) is 11.8 Å². The summed E-state index contributed by atoms with van der Waals surface area (Å²) >= 11 is 0. The highest BCUT2D eigenvalue weighted by atomic mass is 16.5. The molecule has 146 valence electrons. The Balaban J connectivity index is 1.49. The van der Waals surface area contributed by atoms with Crippen LogP contribution in [0.4, 0.5) is 5.69 Å². The maximum Gasteiger partial charge on any atom is 0.241 e. The Morgan fingerprint density at radius 3 is 2.54 bits per heavy atom. The van der Waals surface area contributed by atoms with Gasteiger partial charge in [0.2, 0.25) is 5.91 Å². The smallest absolute Gasteiger partial charge is 0.241 e. The second-order valence-electron chi connectivity index (χ2n) is 7.02. The van der Waals surface area contributed by atoms with Gasteiger partial charge in [0.15, 0.2) is 0 Å². The Kier molecular flexibility index (Phi) is 6.64. The number of anilines is 1. The minimum atomic E-state index is -0.214. The van der Waals surface area contributed by atoms with Gasteiger partial charge in [-0.1, -0.05) is 18.2 Å². The molecule has 6 nitrogen and oxygen atoms in total. The first-order chi connectivity index (χ1) is 13.6. The summed E-state index contributed by atoms with van der Waals surface area (Å²) in [4.78, 5) is 17.2. The third-order valence-corrected chi connectivity index (χ3v) is 5.16. The summed E-state index contributed by atoms with van der Waals surface area (Å²) < 4.78 is 5.20. The molecule has 0 aromatic heterocycles. The van der Waals surface area contributed by atoms with Crippen LogP contribution in [0.2, 0.25) is 0 Å². The van der Waals surface area contributed by atoms with Crippen molar-refractivity contribution in [1.82, 2.24) is 9.80 Å². The lowest BCUT2D eigenvalue weighted by atomic mass is 10.1. The first-order valence-corrected chi connectivity index (χ1v) is 9.49. The maximum atomic E-state index is 12.6.